The Balaban J connectivity index is 0.00000144. The molecule has 4 rings (SSSR count). The van der Waals surface area contributed by atoms with Crippen LogP contribution in [0.2, 0.25) is 0 Å². The zero-order valence-corrected chi connectivity index (χ0v) is 14.9. The summed E-state index contributed by atoms with van der Waals surface area (Å²) < 4.78 is 34.7. The highest BCUT2D eigenvalue weighted by Gasteiger charge is 2.48. The second kappa shape index (κ2) is 5.61. The van der Waals surface area contributed by atoms with Crippen LogP contribution < -0.4 is 14.4 Å². The summed E-state index contributed by atoms with van der Waals surface area (Å²) in [6.07, 6.45) is 0. The summed E-state index contributed by atoms with van der Waals surface area (Å²) >= 11 is 1.34. The molecule has 1 aromatic rings. The van der Waals surface area contributed by atoms with Gasteiger partial charge >= 0.3 is 0 Å². The second-order valence-electron chi connectivity index (χ2n) is 5.30. The lowest BCUT2D eigenvalue weighted by Crippen LogP contribution is -2.37. The average Bonchev–Trinajstić information content (AvgIpc) is 2.88. The van der Waals surface area contributed by atoms with Crippen LogP contribution >= 0.6 is 28.7 Å². The molecule has 3 heterocycles. The normalized spacial score (nSPS) is 28.2. The summed E-state index contributed by atoms with van der Waals surface area (Å²) in [7, 11) is -3.00. The van der Waals surface area contributed by atoms with Gasteiger partial charge in [-0.3, -0.25) is 5.41 Å². The average molecular weight is 407 g/mol. The molecule has 6 nitrogen and oxygen atoms in total. The molecule has 9 heteroatoms. The van der Waals surface area contributed by atoms with Crippen molar-refractivity contribution in [2.24, 2.45) is 0 Å². The molecule has 0 aliphatic carbocycles. The van der Waals surface area contributed by atoms with Crippen LogP contribution in [0, 0.1) is 5.41 Å². The maximum atomic E-state index is 11.8. The van der Waals surface area contributed by atoms with Gasteiger partial charge in [0.15, 0.2) is 26.5 Å². The molecule has 1 aromatic carbocycles. The van der Waals surface area contributed by atoms with Crippen LogP contribution in [0.5, 0.6) is 11.5 Å². The lowest BCUT2D eigenvalue weighted by molar-refractivity contribution is 0.171. The maximum Gasteiger partial charge on any atom is 0.163 e. The van der Waals surface area contributed by atoms with E-state index in [2.05, 4.69) is 0 Å². The first-order chi connectivity index (χ1) is 10.0. The lowest BCUT2D eigenvalue weighted by Gasteiger charge is -2.26. The molecular formula is C13H15BrN2O4S2. The van der Waals surface area contributed by atoms with Crippen molar-refractivity contribution in [3.63, 3.8) is 0 Å². The van der Waals surface area contributed by atoms with Gasteiger partial charge in [0.2, 0.25) is 0 Å². The van der Waals surface area contributed by atoms with Crippen LogP contribution in [0.4, 0.5) is 5.69 Å². The van der Waals surface area contributed by atoms with Gasteiger partial charge in [0.05, 0.1) is 17.5 Å². The molecule has 2 fully saturated rings. The number of amidine groups is 1. The van der Waals surface area contributed by atoms with Crippen molar-refractivity contribution in [1.29, 1.82) is 5.41 Å². The minimum Gasteiger partial charge on any atom is -0.486 e. The van der Waals surface area contributed by atoms with E-state index in [1.807, 2.05) is 18.2 Å². The molecule has 0 amide bonds. The van der Waals surface area contributed by atoms with Crippen molar-refractivity contribution in [3.8, 4) is 11.5 Å². The van der Waals surface area contributed by atoms with E-state index in [4.69, 9.17) is 14.9 Å². The van der Waals surface area contributed by atoms with Gasteiger partial charge < -0.3 is 14.4 Å². The van der Waals surface area contributed by atoms with Gasteiger partial charge in [-0.2, -0.15) is 0 Å². The fourth-order valence-corrected chi connectivity index (χ4v) is 6.78. The Kier molecular flexibility index (Phi) is 4.07. The molecule has 0 aromatic heterocycles. The fourth-order valence-electron chi connectivity index (χ4n) is 2.99. The standard InChI is InChI=1S/C13H14N2O4S2.BrH/c14-13-15(9-6-21(16,17)7-12(9)20-13)8-1-2-10-11(5-8)19-4-3-18-10;/h1-2,5,9,12,14H,3-4,6-7H2;1H. The van der Waals surface area contributed by atoms with E-state index in [1.54, 1.807) is 4.90 Å². The van der Waals surface area contributed by atoms with Gasteiger partial charge in [-0.25, -0.2) is 8.42 Å². The topological polar surface area (TPSA) is 79.7 Å². The zero-order valence-electron chi connectivity index (χ0n) is 11.5. The number of rotatable bonds is 1. The van der Waals surface area contributed by atoms with E-state index in [-0.39, 0.29) is 39.8 Å². The number of hydrogen-bond acceptors (Lipinski definition) is 6. The van der Waals surface area contributed by atoms with Crippen molar-refractivity contribution < 1.29 is 17.9 Å². The first-order valence-corrected chi connectivity index (χ1v) is 9.38. The Morgan fingerprint density at radius 3 is 2.68 bits per heavy atom. The third-order valence-corrected chi connectivity index (χ3v) is 7.02. The number of benzene rings is 1. The Morgan fingerprint density at radius 1 is 1.18 bits per heavy atom. The smallest absolute Gasteiger partial charge is 0.163 e. The molecule has 0 saturated carbocycles. The van der Waals surface area contributed by atoms with Crippen LogP contribution in [0.1, 0.15) is 0 Å². The van der Waals surface area contributed by atoms with Crippen molar-refractivity contribution in [2.75, 3.05) is 29.6 Å². The summed E-state index contributed by atoms with van der Waals surface area (Å²) in [5.74, 6) is 1.62. The highest BCUT2D eigenvalue weighted by Crippen LogP contribution is 2.42. The highest BCUT2D eigenvalue weighted by molar-refractivity contribution is 8.93. The van der Waals surface area contributed by atoms with Gasteiger partial charge in [-0.1, -0.05) is 11.8 Å². The van der Waals surface area contributed by atoms with Crippen molar-refractivity contribution in [1.82, 2.24) is 0 Å². The summed E-state index contributed by atoms with van der Waals surface area (Å²) in [5.41, 5.74) is 0.793. The van der Waals surface area contributed by atoms with Crippen LogP contribution in [0.15, 0.2) is 18.2 Å². The van der Waals surface area contributed by atoms with Crippen molar-refractivity contribution >= 4 is 49.4 Å². The minimum absolute atomic E-state index is 0. The first-order valence-electron chi connectivity index (χ1n) is 6.68. The van der Waals surface area contributed by atoms with Gasteiger partial charge in [0.1, 0.15) is 13.2 Å². The third kappa shape index (κ3) is 2.59. The van der Waals surface area contributed by atoms with E-state index in [0.29, 0.717) is 29.9 Å². The summed E-state index contributed by atoms with van der Waals surface area (Å²) in [4.78, 5) is 1.80. The zero-order chi connectivity index (χ0) is 14.6. The van der Waals surface area contributed by atoms with Crippen LogP contribution in [0.25, 0.3) is 0 Å². The maximum absolute atomic E-state index is 11.8. The number of hydrogen-bond donors (Lipinski definition) is 1. The van der Waals surface area contributed by atoms with Gasteiger partial charge in [0.25, 0.3) is 0 Å². The predicted octanol–water partition coefficient (Wildman–Crippen LogP) is 1.69. The summed E-state index contributed by atoms with van der Waals surface area (Å²) in [6, 6.07) is 5.35. The Bertz CT molecular complexity index is 725. The molecule has 120 valence electrons. The van der Waals surface area contributed by atoms with Crippen molar-refractivity contribution in [3.05, 3.63) is 18.2 Å². The highest BCUT2D eigenvalue weighted by atomic mass is 79.9. The van der Waals surface area contributed by atoms with E-state index in [1.165, 1.54) is 11.8 Å². The number of sulfone groups is 1. The molecular weight excluding hydrogens is 392 g/mol. The minimum atomic E-state index is -3.00. The molecule has 22 heavy (non-hydrogen) atoms. The largest absolute Gasteiger partial charge is 0.486 e. The van der Waals surface area contributed by atoms with Crippen molar-refractivity contribution in [2.45, 2.75) is 11.3 Å². The molecule has 0 spiro atoms. The third-order valence-electron chi connectivity index (χ3n) is 3.89. The van der Waals surface area contributed by atoms with E-state index < -0.39 is 9.84 Å². The second-order valence-corrected chi connectivity index (χ2v) is 8.69. The Hall–Kier alpha value is -0.930. The number of anilines is 1. The quantitative estimate of drug-likeness (QED) is 0.764. The number of nitrogens with one attached hydrogen (secondary N) is 1. The van der Waals surface area contributed by atoms with Gasteiger partial charge in [-0.15, -0.1) is 17.0 Å². The Labute approximate surface area is 143 Å². The number of thioether (sulfide) groups is 1. The summed E-state index contributed by atoms with van der Waals surface area (Å²) in [6.45, 7) is 1.04. The van der Waals surface area contributed by atoms with Crippen LogP contribution in [-0.4, -0.2) is 49.6 Å². The molecule has 2 unspecified atom stereocenters. The fraction of sp³-hybridized carbons (Fsp3) is 0.462. The molecule has 0 radical (unpaired) electrons. The van der Waals surface area contributed by atoms with E-state index in [9.17, 15) is 8.42 Å². The predicted molar refractivity (Wildman–Crippen MR) is 91.8 cm³/mol. The Morgan fingerprint density at radius 2 is 1.91 bits per heavy atom. The number of ether oxygens (including phenoxy) is 2. The van der Waals surface area contributed by atoms with E-state index in [0.717, 1.165) is 5.69 Å². The lowest BCUT2D eigenvalue weighted by atomic mass is 10.2. The van der Waals surface area contributed by atoms with Crippen LogP contribution in [0.3, 0.4) is 0 Å². The first kappa shape index (κ1) is 15.9. The molecule has 1 N–H and O–H groups in total. The molecule has 2 saturated heterocycles. The number of halogens is 1. The monoisotopic (exact) mass is 406 g/mol. The number of fused-ring (bicyclic) bond motifs is 2. The van der Waals surface area contributed by atoms with Crippen LogP contribution in [-0.2, 0) is 9.84 Å². The van der Waals surface area contributed by atoms with Gasteiger partial charge in [0, 0.05) is 17.0 Å². The van der Waals surface area contributed by atoms with Gasteiger partial charge in [-0.05, 0) is 12.1 Å². The van der Waals surface area contributed by atoms with E-state index >= 15 is 0 Å². The molecule has 3 aliphatic heterocycles. The molecule has 3 aliphatic rings. The molecule has 0 bridgehead atoms. The summed E-state index contributed by atoms with van der Waals surface area (Å²) in [5, 5.41) is 8.49. The SMILES string of the molecule is Br.N=C1SC2CS(=O)(=O)CC2N1c1ccc2c(c1)OCCO2. The molecule has 2 atom stereocenters. The number of nitrogens with zero attached hydrogens (tertiary/aromatic N) is 1.